The second-order valence-corrected chi connectivity index (χ2v) is 7.86. The molecule has 4 bridgehead atoms. The molecule has 0 radical (unpaired) electrons. The Hall–Kier alpha value is -0.990. The summed E-state index contributed by atoms with van der Waals surface area (Å²) in [7, 11) is 0. The standard InChI is InChI=1S/C17H27N3/c1-9(2)20-16(18)10(3)19-17(20)15-13-5-11-4-12(7-13)8-14(15)6-11/h9,11-15H,4-8,18H2,1-3H3. The van der Waals surface area contributed by atoms with Gasteiger partial charge in [-0.25, -0.2) is 4.98 Å². The first-order chi connectivity index (χ1) is 9.54. The van der Waals surface area contributed by atoms with Crippen LogP contribution in [0.3, 0.4) is 0 Å². The third-order valence-corrected chi connectivity index (χ3v) is 6.20. The van der Waals surface area contributed by atoms with Gasteiger partial charge in [0.05, 0.1) is 5.69 Å². The number of imidazole rings is 1. The first-order valence-electron chi connectivity index (χ1n) is 8.38. The highest BCUT2D eigenvalue weighted by Gasteiger charge is 2.50. The van der Waals surface area contributed by atoms with Crippen LogP contribution in [0.1, 0.15) is 69.4 Å². The number of hydrogen-bond acceptors (Lipinski definition) is 2. The number of aryl methyl sites for hydroxylation is 1. The Balaban J connectivity index is 1.76. The number of aromatic nitrogens is 2. The zero-order valence-electron chi connectivity index (χ0n) is 13.0. The highest BCUT2D eigenvalue weighted by Crippen LogP contribution is 2.59. The molecular weight excluding hydrogens is 246 g/mol. The third kappa shape index (κ3) is 1.68. The average Bonchev–Trinajstić information content (AvgIpc) is 2.64. The number of hydrogen-bond donors (Lipinski definition) is 1. The summed E-state index contributed by atoms with van der Waals surface area (Å²) in [6.45, 7) is 6.53. The lowest BCUT2D eigenvalue weighted by molar-refractivity contribution is -0.00696. The molecule has 1 aromatic heterocycles. The third-order valence-electron chi connectivity index (χ3n) is 6.20. The van der Waals surface area contributed by atoms with Crippen molar-refractivity contribution in [1.29, 1.82) is 0 Å². The van der Waals surface area contributed by atoms with E-state index in [4.69, 9.17) is 10.7 Å². The summed E-state index contributed by atoms with van der Waals surface area (Å²) < 4.78 is 2.32. The van der Waals surface area contributed by atoms with Crippen molar-refractivity contribution in [2.75, 3.05) is 5.73 Å². The van der Waals surface area contributed by atoms with Crippen molar-refractivity contribution in [2.45, 2.75) is 64.8 Å². The van der Waals surface area contributed by atoms with Gasteiger partial charge < -0.3 is 10.3 Å². The Kier molecular flexibility index (Phi) is 2.71. The van der Waals surface area contributed by atoms with Gasteiger partial charge in [-0.2, -0.15) is 0 Å². The van der Waals surface area contributed by atoms with Crippen molar-refractivity contribution >= 4 is 5.82 Å². The molecule has 2 N–H and O–H groups in total. The quantitative estimate of drug-likeness (QED) is 0.888. The van der Waals surface area contributed by atoms with Crippen LogP contribution in [0.25, 0.3) is 0 Å². The summed E-state index contributed by atoms with van der Waals surface area (Å²) in [4.78, 5) is 4.92. The Bertz CT molecular complexity index is 501. The van der Waals surface area contributed by atoms with Crippen molar-refractivity contribution < 1.29 is 0 Å². The van der Waals surface area contributed by atoms with Gasteiger partial charge in [-0.3, -0.25) is 0 Å². The maximum Gasteiger partial charge on any atom is 0.126 e. The molecule has 0 unspecified atom stereocenters. The number of anilines is 1. The predicted octanol–water partition coefficient (Wildman–Crippen LogP) is 3.89. The van der Waals surface area contributed by atoms with Crippen LogP contribution in [0, 0.1) is 30.6 Å². The molecule has 4 saturated carbocycles. The van der Waals surface area contributed by atoms with Gasteiger partial charge in [-0.15, -0.1) is 0 Å². The molecule has 1 heterocycles. The number of nitrogen functional groups attached to an aromatic ring is 1. The van der Waals surface area contributed by atoms with E-state index < -0.39 is 0 Å². The van der Waals surface area contributed by atoms with Gasteiger partial charge in [0, 0.05) is 12.0 Å². The smallest absolute Gasteiger partial charge is 0.126 e. The maximum atomic E-state index is 6.30. The summed E-state index contributed by atoms with van der Waals surface area (Å²) in [5, 5.41) is 0. The maximum absolute atomic E-state index is 6.30. The van der Waals surface area contributed by atoms with Crippen LogP contribution in [0.15, 0.2) is 0 Å². The second-order valence-electron chi connectivity index (χ2n) is 7.86. The predicted molar refractivity (Wildman–Crippen MR) is 81.5 cm³/mol. The lowest BCUT2D eigenvalue weighted by atomic mass is 9.51. The van der Waals surface area contributed by atoms with E-state index in [-0.39, 0.29) is 0 Å². The van der Waals surface area contributed by atoms with Crippen molar-refractivity contribution in [3.05, 3.63) is 11.5 Å². The van der Waals surface area contributed by atoms with Crippen LogP contribution in [0.5, 0.6) is 0 Å². The molecule has 0 aliphatic heterocycles. The fraction of sp³-hybridized carbons (Fsp3) is 0.824. The van der Waals surface area contributed by atoms with Gasteiger partial charge in [0.25, 0.3) is 0 Å². The van der Waals surface area contributed by atoms with Gasteiger partial charge in [-0.1, -0.05) is 0 Å². The van der Waals surface area contributed by atoms with Crippen LogP contribution in [-0.4, -0.2) is 9.55 Å². The summed E-state index contributed by atoms with van der Waals surface area (Å²) in [5.74, 6) is 6.69. The van der Waals surface area contributed by atoms with Crippen LogP contribution >= 0.6 is 0 Å². The van der Waals surface area contributed by atoms with Crippen molar-refractivity contribution in [2.24, 2.45) is 23.7 Å². The van der Waals surface area contributed by atoms with E-state index in [9.17, 15) is 0 Å². The number of nitrogens with two attached hydrogens (primary N) is 1. The average molecular weight is 273 g/mol. The fourth-order valence-electron chi connectivity index (χ4n) is 5.71. The zero-order chi connectivity index (χ0) is 14.0. The van der Waals surface area contributed by atoms with E-state index in [1.165, 1.54) is 37.9 Å². The molecule has 4 aliphatic carbocycles. The molecule has 0 atom stereocenters. The minimum Gasteiger partial charge on any atom is -0.384 e. The summed E-state index contributed by atoms with van der Waals surface area (Å²) in [5.41, 5.74) is 7.33. The zero-order valence-corrected chi connectivity index (χ0v) is 13.0. The van der Waals surface area contributed by atoms with E-state index in [1.807, 2.05) is 0 Å². The Morgan fingerprint density at radius 2 is 1.60 bits per heavy atom. The molecule has 3 heteroatoms. The fourth-order valence-corrected chi connectivity index (χ4v) is 5.71. The van der Waals surface area contributed by atoms with E-state index in [0.717, 1.165) is 35.2 Å². The second kappa shape index (κ2) is 4.25. The highest BCUT2D eigenvalue weighted by molar-refractivity contribution is 5.39. The SMILES string of the molecule is Cc1nc(C2C3CC4CC(C3)CC2C4)n(C(C)C)c1N. The van der Waals surface area contributed by atoms with Crippen molar-refractivity contribution in [3.8, 4) is 0 Å². The van der Waals surface area contributed by atoms with E-state index in [0.29, 0.717) is 12.0 Å². The molecule has 110 valence electrons. The monoisotopic (exact) mass is 273 g/mol. The molecule has 20 heavy (non-hydrogen) atoms. The van der Waals surface area contributed by atoms with Crippen LogP contribution < -0.4 is 5.73 Å². The Morgan fingerprint density at radius 1 is 1.05 bits per heavy atom. The van der Waals surface area contributed by atoms with Crippen molar-refractivity contribution in [3.63, 3.8) is 0 Å². The molecule has 0 aromatic carbocycles. The summed E-state index contributed by atoms with van der Waals surface area (Å²) in [6.07, 6.45) is 7.30. The van der Waals surface area contributed by atoms with Crippen LogP contribution in [-0.2, 0) is 0 Å². The first-order valence-corrected chi connectivity index (χ1v) is 8.38. The van der Waals surface area contributed by atoms with E-state index in [1.54, 1.807) is 0 Å². The van der Waals surface area contributed by atoms with E-state index in [2.05, 4.69) is 25.3 Å². The molecule has 3 nitrogen and oxygen atoms in total. The topological polar surface area (TPSA) is 43.8 Å². The first kappa shape index (κ1) is 12.7. The van der Waals surface area contributed by atoms with Gasteiger partial charge in [0.15, 0.2) is 0 Å². The normalized spacial score (nSPS) is 38.9. The van der Waals surface area contributed by atoms with Gasteiger partial charge in [0.2, 0.25) is 0 Å². The van der Waals surface area contributed by atoms with Crippen LogP contribution in [0.4, 0.5) is 5.82 Å². The Morgan fingerprint density at radius 3 is 2.10 bits per heavy atom. The minimum atomic E-state index is 0.420. The largest absolute Gasteiger partial charge is 0.384 e. The van der Waals surface area contributed by atoms with Crippen molar-refractivity contribution in [1.82, 2.24) is 9.55 Å². The molecular formula is C17H27N3. The van der Waals surface area contributed by atoms with Crippen LogP contribution in [0.2, 0.25) is 0 Å². The molecule has 5 rings (SSSR count). The Labute approximate surface area is 122 Å². The highest BCUT2D eigenvalue weighted by atomic mass is 15.2. The molecule has 0 spiro atoms. The number of rotatable bonds is 2. The molecule has 0 amide bonds. The minimum absolute atomic E-state index is 0.420. The molecule has 4 fully saturated rings. The summed E-state index contributed by atoms with van der Waals surface area (Å²) >= 11 is 0. The lowest BCUT2D eigenvalue weighted by Gasteiger charge is -2.54. The van der Waals surface area contributed by atoms with E-state index >= 15 is 0 Å². The molecule has 4 aliphatic rings. The summed E-state index contributed by atoms with van der Waals surface area (Å²) in [6, 6.07) is 0.420. The van der Waals surface area contributed by atoms with Gasteiger partial charge in [0.1, 0.15) is 11.6 Å². The lowest BCUT2D eigenvalue weighted by Crippen LogP contribution is -2.44. The molecule has 0 saturated heterocycles. The number of nitrogens with zero attached hydrogens (tertiary/aromatic N) is 2. The van der Waals surface area contributed by atoms with Gasteiger partial charge in [-0.05, 0) is 76.5 Å². The molecule has 1 aromatic rings. The van der Waals surface area contributed by atoms with Gasteiger partial charge >= 0.3 is 0 Å².